The van der Waals surface area contributed by atoms with Gasteiger partial charge in [-0.25, -0.2) is 0 Å². The zero-order valence-electron chi connectivity index (χ0n) is 9.60. The number of hydrogen-bond acceptors (Lipinski definition) is 5. The van der Waals surface area contributed by atoms with E-state index >= 15 is 0 Å². The lowest BCUT2D eigenvalue weighted by Crippen LogP contribution is -1.92. The molecule has 6 nitrogen and oxygen atoms in total. The highest BCUT2D eigenvalue weighted by molar-refractivity contribution is 5.23. The number of nitro groups is 1. The molecule has 0 aliphatic rings. The van der Waals surface area contributed by atoms with Crippen molar-refractivity contribution in [3.05, 3.63) is 45.0 Å². The van der Waals surface area contributed by atoms with Crippen molar-refractivity contribution in [1.82, 2.24) is 5.16 Å². The number of furan rings is 1. The fourth-order valence-corrected chi connectivity index (χ4v) is 1.71. The predicted molar refractivity (Wildman–Crippen MR) is 58.7 cm³/mol. The van der Waals surface area contributed by atoms with Crippen molar-refractivity contribution < 1.29 is 13.9 Å². The maximum absolute atomic E-state index is 10.4. The zero-order chi connectivity index (χ0) is 12.4. The molecule has 17 heavy (non-hydrogen) atoms. The average Bonchev–Trinajstić information content (AvgIpc) is 2.85. The quantitative estimate of drug-likeness (QED) is 0.601. The van der Waals surface area contributed by atoms with Gasteiger partial charge in [0.1, 0.15) is 16.4 Å². The van der Waals surface area contributed by atoms with Crippen LogP contribution in [0.5, 0.6) is 0 Å². The molecule has 2 aromatic heterocycles. The van der Waals surface area contributed by atoms with Gasteiger partial charge in [0.15, 0.2) is 0 Å². The van der Waals surface area contributed by atoms with Gasteiger partial charge in [-0.15, -0.1) is 0 Å². The first-order valence-electron chi connectivity index (χ1n) is 5.23. The molecule has 0 fully saturated rings. The molecule has 0 amide bonds. The van der Waals surface area contributed by atoms with Crippen LogP contribution < -0.4 is 0 Å². The molecule has 0 N–H and O–H groups in total. The van der Waals surface area contributed by atoms with E-state index in [1.807, 2.05) is 13.8 Å². The molecule has 90 valence electrons. The first kappa shape index (κ1) is 11.4. The standard InChI is InChI=1S/C11H12N2O4/c1-7-10(8(2)17-12-7)5-3-9-4-6-11(16-9)13(14)15/h4,6H,3,5H2,1-2H3. The lowest BCUT2D eigenvalue weighted by Gasteiger charge is -1.96. The second-order valence-electron chi connectivity index (χ2n) is 3.80. The molecule has 0 aliphatic heterocycles. The maximum Gasteiger partial charge on any atom is 0.433 e. The first-order valence-corrected chi connectivity index (χ1v) is 5.23. The Morgan fingerprint density at radius 1 is 1.35 bits per heavy atom. The summed E-state index contributed by atoms with van der Waals surface area (Å²) >= 11 is 0. The largest absolute Gasteiger partial charge is 0.433 e. The summed E-state index contributed by atoms with van der Waals surface area (Å²) in [5, 5.41) is 14.3. The molecule has 6 heteroatoms. The Bertz CT molecular complexity index is 522. The van der Waals surface area contributed by atoms with Crippen LogP contribution in [-0.4, -0.2) is 10.1 Å². The van der Waals surface area contributed by atoms with Gasteiger partial charge >= 0.3 is 5.88 Å². The van der Waals surface area contributed by atoms with Crippen LogP contribution in [0.25, 0.3) is 0 Å². The Labute approximate surface area is 97.4 Å². The van der Waals surface area contributed by atoms with Gasteiger partial charge in [0.25, 0.3) is 0 Å². The molecule has 2 heterocycles. The molecule has 2 aromatic rings. The number of aryl methyl sites for hydroxylation is 3. The molecular formula is C11H12N2O4. The van der Waals surface area contributed by atoms with Crippen LogP contribution in [0.15, 0.2) is 21.1 Å². The Balaban J connectivity index is 2.05. The van der Waals surface area contributed by atoms with Crippen LogP contribution in [-0.2, 0) is 12.8 Å². The molecule has 0 saturated carbocycles. The molecule has 0 spiro atoms. The highest BCUT2D eigenvalue weighted by Gasteiger charge is 2.14. The molecule has 0 saturated heterocycles. The summed E-state index contributed by atoms with van der Waals surface area (Å²) in [7, 11) is 0. The molecular weight excluding hydrogens is 224 g/mol. The number of aromatic nitrogens is 1. The van der Waals surface area contributed by atoms with E-state index in [4.69, 9.17) is 8.94 Å². The number of nitrogens with zero attached hydrogens (tertiary/aromatic N) is 2. The Hall–Kier alpha value is -2.11. The molecule has 0 unspecified atom stereocenters. The van der Waals surface area contributed by atoms with Crippen LogP contribution in [0, 0.1) is 24.0 Å². The molecule has 0 aromatic carbocycles. The summed E-state index contributed by atoms with van der Waals surface area (Å²) in [6.07, 6.45) is 1.29. The number of rotatable bonds is 4. The second kappa shape index (κ2) is 4.40. The summed E-state index contributed by atoms with van der Waals surface area (Å²) < 4.78 is 10.1. The summed E-state index contributed by atoms with van der Waals surface area (Å²) in [6, 6.07) is 2.99. The molecule has 0 aliphatic carbocycles. The number of hydrogen-bond donors (Lipinski definition) is 0. The minimum atomic E-state index is -0.542. The van der Waals surface area contributed by atoms with Gasteiger partial charge in [0.05, 0.1) is 11.8 Å². The lowest BCUT2D eigenvalue weighted by atomic mass is 10.1. The molecule has 0 atom stereocenters. The van der Waals surface area contributed by atoms with Crippen LogP contribution in [0.4, 0.5) is 5.88 Å². The zero-order valence-corrected chi connectivity index (χ0v) is 9.60. The van der Waals surface area contributed by atoms with Crippen molar-refractivity contribution in [2.75, 3.05) is 0 Å². The van der Waals surface area contributed by atoms with Gasteiger partial charge in [-0.05, 0) is 26.3 Å². The molecule has 2 rings (SSSR count). The monoisotopic (exact) mass is 236 g/mol. The predicted octanol–water partition coefficient (Wildman–Crippen LogP) is 2.58. The fourth-order valence-electron chi connectivity index (χ4n) is 1.71. The topological polar surface area (TPSA) is 82.3 Å². The third kappa shape index (κ3) is 2.35. The van der Waals surface area contributed by atoms with Gasteiger partial charge in [0, 0.05) is 12.0 Å². The highest BCUT2D eigenvalue weighted by atomic mass is 16.6. The first-order chi connectivity index (χ1) is 8.08. The van der Waals surface area contributed by atoms with Crippen molar-refractivity contribution in [2.24, 2.45) is 0 Å². The lowest BCUT2D eigenvalue weighted by molar-refractivity contribution is -0.402. The summed E-state index contributed by atoms with van der Waals surface area (Å²) in [5.74, 6) is 1.15. The minimum Gasteiger partial charge on any atom is -0.406 e. The van der Waals surface area contributed by atoms with Crippen LogP contribution in [0.2, 0.25) is 0 Å². The van der Waals surface area contributed by atoms with Gasteiger partial charge < -0.3 is 8.94 Å². The van der Waals surface area contributed by atoms with E-state index in [-0.39, 0.29) is 5.88 Å². The average molecular weight is 236 g/mol. The van der Waals surface area contributed by atoms with Gasteiger partial charge in [-0.3, -0.25) is 10.1 Å². The summed E-state index contributed by atoms with van der Waals surface area (Å²) in [4.78, 5) is 9.90. The smallest absolute Gasteiger partial charge is 0.406 e. The minimum absolute atomic E-state index is 0.223. The van der Waals surface area contributed by atoms with E-state index in [0.717, 1.165) is 17.0 Å². The van der Waals surface area contributed by atoms with Gasteiger partial charge in [0.2, 0.25) is 0 Å². The van der Waals surface area contributed by atoms with Crippen LogP contribution >= 0.6 is 0 Å². The van der Waals surface area contributed by atoms with E-state index < -0.39 is 4.92 Å². The van der Waals surface area contributed by atoms with Crippen LogP contribution in [0.1, 0.15) is 22.8 Å². The van der Waals surface area contributed by atoms with Crippen molar-refractivity contribution in [3.8, 4) is 0 Å². The van der Waals surface area contributed by atoms with Crippen molar-refractivity contribution >= 4 is 5.88 Å². The Morgan fingerprint density at radius 3 is 2.65 bits per heavy atom. The fraction of sp³-hybridized carbons (Fsp3) is 0.364. The van der Waals surface area contributed by atoms with E-state index in [1.165, 1.54) is 6.07 Å². The Kier molecular flexibility index (Phi) is 2.95. The summed E-state index contributed by atoms with van der Waals surface area (Å²) in [5.41, 5.74) is 1.88. The summed E-state index contributed by atoms with van der Waals surface area (Å²) in [6.45, 7) is 3.72. The van der Waals surface area contributed by atoms with Crippen LogP contribution in [0.3, 0.4) is 0 Å². The second-order valence-corrected chi connectivity index (χ2v) is 3.80. The maximum atomic E-state index is 10.4. The highest BCUT2D eigenvalue weighted by Crippen LogP contribution is 2.19. The van der Waals surface area contributed by atoms with Gasteiger partial charge in [-0.2, -0.15) is 0 Å². The van der Waals surface area contributed by atoms with E-state index in [0.29, 0.717) is 18.6 Å². The normalized spacial score (nSPS) is 10.7. The molecule has 0 bridgehead atoms. The molecule has 0 radical (unpaired) electrons. The third-order valence-electron chi connectivity index (χ3n) is 2.63. The van der Waals surface area contributed by atoms with Gasteiger partial charge in [-0.1, -0.05) is 5.16 Å². The van der Waals surface area contributed by atoms with E-state index in [1.54, 1.807) is 6.07 Å². The third-order valence-corrected chi connectivity index (χ3v) is 2.63. The Morgan fingerprint density at radius 2 is 2.12 bits per heavy atom. The van der Waals surface area contributed by atoms with Crippen molar-refractivity contribution in [1.29, 1.82) is 0 Å². The van der Waals surface area contributed by atoms with Crippen molar-refractivity contribution in [2.45, 2.75) is 26.7 Å². The van der Waals surface area contributed by atoms with Crippen molar-refractivity contribution in [3.63, 3.8) is 0 Å². The van der Waals surface area contributed by atoms with E-state index in [9.17, 15) is 10.1 Å². The van der Waals surface area contributed by atoms with E-state index in [2.05, 4.69) is 5.16 Å². The SMILES string of the molecule is Cc1noc(C)c1CCc1ccc([N+](=O)[O-])o1.